The first-order chi connectivity index (χ1) is 16.0. The standard InChI is InChI=1S/C23H25N3O6S/c1-29-18-9-14(10-19(30-2)23(18)32-4)25-20(27)13-33-21-11-15(12-22(28)31-3)24-16-7-5-6-8-17(16)26-21/h5-11,24H,12-13H2,1-4H3,(H,25,27). The van der Waals surface area contributed by atoms with Crippen molar-refractivity contribution in [2.75, 3.05) is 44.8 Å². The number of thioether (sulfide) groups is 1. The zero-order valence-electron chi connectivity index (χ0n) is 18.8. The van der Waals surface area contributed by atoms with E-state index in [1.54, 1.807) is 18.2 Å². The fraction of sp³-hybridized carbons (Fsp3) is 0.261. The Morgan fingerprint density at radius 1 is 1.03 bits per heavy atom. The predicted molar refractivity (Wildman–Crippen MR) is 129 cm³/mol. The lowest BCUT2D eigenvalue weighted by Crippen LogP contribution is -2.15. The number of benzene rings is 2. The molecule has 3 rings (SSSR count). The normalized spacial score (nSPS) is 12.2. The number of hydrogen-bond acceptors (Lipinski definition) is 9. The zero-order valence-corrected chi connectivity index (χ0v) is 19.6. The maximum absolute atomic E-state index is 12.6. The Bertz CT molecular complexity index is 1070. The first-order valence-corrected chi connectivity index (χ1v) is 10.9. The molecule has 0 aromatic heterocycles. The molecule has 10 heteroatoms. The smallest absolute Gasteiger partial charge is 0.311 e. The molecule has 0 bridgehead atoms. The molecular formula is C23H25N3O6S. The van der Waals surface area contributed by atoms with Crippen LogP contribution in [0.2, 0.25) is 0 Å². The van der Waals surface area contributed by atoms with Crippen LogP contribution in [0.3, 0.4) is 0 Å². The van der Waals surface area contributed by atoms with Crippen LogP contribution in [-0.2, 0) is 14.3 Å². The quantitative estimate of drug-likeness (QED) is 0.557. The number of hydrogen-bond donors (Lipinski definition) is 2. The summed E-state index contributed by atoms with van der Waals surface area (Å²) < 4.78 is 20.7. The molecule has 1 heterocycles. The maximum Gasteiger partial charge on any atom is 0.311 e. The number of para-hydroxylation sites is 2. The van der Waals surface area contributed by atoms with E-state index in [0.717, 1.165) is 5.69 Å². The lowest BCUT2D eigenvalue weighted by molar-refractivity contribution is -0.139. The van der Waals surface area contributed by atoms with Crippen molar-refractivity contribution in [3.05, 3.63) is 48.2 Å². The molecule has 1 aliphatic heterocycles. The summed E-state index contributed by atoms with van der Waals surface area (Å²) in [5.41, 5.74) is 2.61. The van der Waals surface area contributed by atoms with Gasteiger partial charge in [-0.25, -0.2) is 4.99 Å². The molecule has 33 heavy (non-hydrogen) atoms. The molecule has 1 aliphatic rings. The van der Waals surface area contributed by atoms with E-state index >= 15 is 0 Å². The number of carbonyl (C=O) groups excluding carboxylic acids is 2. The number of methoxy groups -OCH3 is 4. The number of carbonyl (C=O) groups is 2. The van der Waals surface area contributed by atoms with Crippen LogP contribution in [0.1, 0.15) is 6.42 Å². The second-order valence-electron chi connectivity index (χ2n) is 6.77. The van der Waals surface area contributed by atoms with Crippen LogP contribution in [0.25, 0.3) is 0 Å². The third kappa shape index (κ3) is 6.19. The molecule has 0 spiro atoms. The van der Waals surface area contributed by atoms with Crippen molar-refractivity contribution in [3.8, 4) is 17.2 Å². The molecule has 9 nitrogen and oxygen atoms in total. The van der Waals surface area contributed by atoms with Crippen molar-refractivity contribution in [3.63, 3.8) is 0 Å². The summed E-state index contributed by atoms with van der Waals surface area (Å²) >= 11 is 1.25. The van der Waals surface area contributed by atoms with Crippen molar-refractivity contribution in [2.45, 2.75) is 6.42 Å². The molecule has 0 saturated carbocycles. The fourth-order valence-corrected chi connectivity index (χ4v) is 3.81. The first-order valence-electron chi connectivity index (χ1n) is 9.92. The monoisotopic (exact) mass is 471 g/mol. The minimum absolute atomic E-state index is 0.0576. The number of rotatable bonds is 8. The van der Waals surface area contributed by atoms with Gasteiger partial charge in [0.1, 0.15) is 0 Å². The number of amides is 1. The maximum atomic E-state index is 12.6. The number of ether oxygens (including phenoxy) is 4. The van der Waals surface area contributed by atoms with Crippen LogP contribution in [0.15, 0.2) is 53.2 Å². The van der Waals surface area contributed by atoms with Crippen LogP contribution < -0.4 is 24.8 Å². The number of nitrogens with one attached hydrogen (secondary N) is 2. The van der Waals surface area contributed by atoms with Gasteiger partial charge in [-0.15, -0.1) is 0 Å². The summed E-state index contributed by atoms with van der Waals surface area (Å²) in [5, 5.41) is 6.63. The minimum atomic E-state index is -0.377. The summed E-state index contributed by atoms with van der Waals surface area (Å²) in [6.07, 6.45) is 1.80. The van der Waals surface area contributed by atoms with E-state index < -0.39 is 0 Å². The van der Waals surface area contributed by atoms with Crippen molar-refractivity contribution >= 4 is 45.7 Å². The summed E-state index contributed by atoms with van der Waals surface area (Å²) in [6, 6.07) is 10.8. The molecule has 0 radical (unpaired) electrons. The van der Waals surface area contributed by atoms with Crippen molar-refractivity contribution in [1.82, 2.24) is 0 Å². The van der Waals surface area contributed by atoms with Crippen molar-refractivity contribution in [2.24, 2.45) is 4.99 Å². The molecule has 0 fully saturated rings. The Balaban J connectivity index is 1.75. The molecule has 0 atom stereocenters. The highest BCUT2D eigenvalue weighted by Crippen LogP contribution is 2.40. The van der Waals surface area contributed by atoms with Crippen LogP contribution in [0, 0.1) is 0 Å². The van der Waals surface area contributed by atoms with E-state index in [9.17, 15) is 9.59 Å². The molecule has 2 N–H and O–H groups in total. The van der Waals surface area contributed by atoms with Gasteiger partial charge in [0.15, 0.2) is 11.5 Å². The molecule has 0 unspecified atom stereocenters. The molecule has 1 amide bonds. The van der Waals surface area contributed by atoms with Crippen LogP contribution in [0.4, 0.5) is 17.1 Å². The first kappa shape index (κ1) is 24.0. The van der Waals surface area contributed by atoms with E-state index in [-0.39, 0.29) is 24.1 Å². The molecule has 2 aromatic carbocycles. The van der Waals surface area contributed by atoms with Gasteiger partial charge in [0.25, 0.3) is 0 Å². The second kappa shape index (κ2) is 11.3. The van der Waals surface area contributed by atoms with Gasteiger partial charge in [0, 0.05) is 23.5 Å². The van der Waals surface area contributed by atoms with Crippen molar-refractivity contribution in [1.29, 1.82) is 0 Å². The molecule has 2 aromatic rings. The molecule has 0 aliphatic carbocycles. The predicted octanol–water partition coefficient (Wildman–Crippen LogP) is 3.99. The minimum Gasteiger partial charge on any atom is -0.493 e. The van der Waals surface area contributed by atoms with Crippen molar-refractivity contribution < 1.29 is 28.5 Å². The number of esters is 1. The summed E-state index contributed by atoms with van der Waals surface area (Å²) in [5.74, 6) is 0.786. The van der Waals surface area contributed by atoms with E-state index in [4.69, 9.17) is 18.9 Å². The van der Waals surface area contributed by atoms with Gasteiger partial charge in [-0.2, -0.15) is 0 Å². The largest absolute Gasteiger partial charge is 0.493 e. The van der Waals surface area contributed by atoms with Gasteiger partial charge < -0.3 is 29.6 Å². The van der Waals surface area contributed by atoms with Crippen LogP contribution in [-0.4, -0.2) is 51.1 Å². The molecule has 0 saturated heterocycles. The van der Waals surface area contributed by atoms with Crippen LogP contribution >= 0.6 is 11.8 Å². The topological polar surface area (TPSA) is 107 Å². The fourth-order valence-electron chi connectivity index (χ4n) is 3.07. The van der Waals surface area contributed by atoms with Crippen LogP contribution in [0.5, 0.6) is 17.2 Å². The van der Waals surface area contributed by atoms with E-state index in [0.29, 0.717) is 39.4 Å². The average Bonchev–Trinajstić information content (AvgIpc) is 3.00. The van der Waals surface area contributed by atoms with E-state index in [2.05, 4.69) is 15.6 Å². The zero-order chi connectivity index (χ0) is 23.8. The lowest BCUT2D eigenvalue weighted by Gasteiger charge is -2.14. The SMILES string of the molecule is COC(=O)CC1=CC(SCC(=O)Nc2cc(OC)c(OC)c(OC)c2)=Nc2ccccc2N1. The van der Waals surface area contributed by atoms with Gasteiger partial charge in [-0.3, -0.25) is 9.59 Å². The highest BCUT2D eigenvalue weighted by molar-refractivity contribution is 8.14. The average molecular weight is 472 g/mol. The van der Waals surface area contributed by atoms with E-state index in [1.165, 1.54) is 40.2 Å². The van der Waals surface area contributed by atoms with Gasteiger partial charge in [-0.1, -0.05) is 23.9 Å². The Morgan fingerprint density at radius 2 is 1.73 bits per heavy atom. The number of fused-ring (bicyclic) bond motifs is 1. The summed E-state index contributed by atoms with van der Waals surface area (Å²) in [6.45, 7) is 0. The van der Waals surface area contributed by atoms with Gasteiger partial charge in [-0.05, 0) is 18.2 Å². The lowest BCUT2D eigenvalue weighted by atomic mass is 10.2. The van der Waals surface area contributed by atoms with E-state index in [1.807, 2.05) is 24.3 Å². The highest BCUT2D eigenvalue weighted by Gasteiger charge is 2.17. The number of aliphatic imine (C=N–C) groups is 1. The van der Waals surface area contributed by atoms with Gasteiger partial charge in [0.2, 0.25) is 11.7 Å². The molecular weight excluding hydrogens is 446 g/mol. The Hall–Kier alpha value is -3.66. The third-order valence-electron chi connectivity index (χ3n) is 4.59. The molecule has 174 valence electrons. The van der Waals surface area contributed by atoms with Gasteiger partial charge in [0.05, 0.1) is 57.0 Å². The Kier molecular flexibility index (Phi) is 8.20. The number of anilines is 2. The summed E-state index contributed by atoms with van der Waals surface area (Å²) in [4.78, 5) is 29.1. The highest BCUT2D eigenvalue weighted by atomic mass is 32.2. The number of nitrogens with zero attached hydrogens (tertiary/aromatic N) is 1. The Labute approximate surface area is 196 Å². The Morgan fingerprint density at radius 3 is 2.36 bits per heavy atom. The summed E-state index contributed by atoms with van der Waals surface area (Å²) in [7, 11) is 5.86. The second-order valence-corrected chi connectivity index (χ2v) is 7.76. The van der Waals surface area contributed by atoms with Gasteiger partial charge >= 0.3 is 5.97 Å². The third-order valence-corrected chi connectivity index (χ3v) is 5.50.